The number of amides is 3. The minimum absolute atomic E-state index is 0.0330. The predicted octanol–water partition coefficient (Wildman–Crippen LogP) is 8.27. The second-order valence-corrected chi connectivity index (χ2v) is 16.2. The molecule has 0 atom stereocenters. The summed E-state index contributed by atoms with van der Waals surface area (Å²) in [6.07, 6.45) is 11.0. The third kappa shape index (κ3) is 10.0. The van der Waals surface area contributed by atoms with Gasteiger partial charge in [0.05, 0.1) is 17.3 Å². The number of nitrogens with one attached hydrogen (secondary N) is 3. The van der Waals surface area contributed by atoms with E-state index in [1.165, 1.54) is 31.4 Å². The lowest BCUT2D eigenvalue weighted by atomic mass is 9.86. The van der Waals surface area contributed by atoms with Crippen molar-refractivity contribution in [1.29, 1.82) is 0 Å². The summed E-state index contributed by atoms with van der Waals surface area (Å²) in [5.74, 6) is -0.171. The summed E-state index contributed by atoms with van der Waals surface area (Å²) in [5, 5.41) is 12.2. The van der Waals surface area contributed by atoms with Crippen LogP contribution in [0.2, 0.25) is 0 Å². The summed E-state index contributed by atoms with van der Waals surface area (Å²) in [6.45, 7) is 2.72. The zero-order valence-corrected chi connectivity index (χ0v) is 33.9. The van der Waals surface area contributed by atoms with Gasteiger partial charge in [-0.3, -0.25) is 29.2 Å². The Labute approximate surface area is 351 Å². The first-order chi connectivity index (χ1) is 29.6. The quantitative estimate of drug-likeness (QED) is 0.0441. The van der Waals surface area contributed by atoms with Crippen LogP contribution in [0.4, 0.5) is 20.3 Å². The van der Waals surface area contributed by atoms with Crippen molar-refractivity contribution in [2.45, 2.75) is 76.7 Å². The number of ether oxygens (including phenoxy) is 1. The third-order valence-corrected chi connectivity index (χ3v) is 11.6. The number of unbranched alkanes of at least 4 members (excludes halogenated alkanes) is 2. The molecular formula is C45H48F2N8O6. The largest absolute Gasteiger partial charge is 0.456 e. The van der Waals surface area contributed by atoms with Gasteiger partial charge in [-0.25, -0.2) is 18.7 Å². The first kappa shape index (κ1) is 41.4. The predicted molar refractivity (Wildman–Crippen MR) is 222 cm³/mol. The van der Waals surface area contributed by atoms with E-state index in [9.17, 15) is 28.0 Å². The number of aromatic nitrogens is 4. The molecule has 8 rings (SSSR count). The van der Waals surface area contributed by atoms with E-state index >= 15 is 0 Å². The van der Waals surface area contributed by atoms with Crippen LogP contribution in [-0.2, 0) is 11.2 Å². The summed E-state index contributed by atoms with van der Waals surface area (Å²) >= 11 is 0. The van der Waals surface area contributed by atoms with Crippen molar-refractivity contribution in [3.8, 4) is 23.0 Å². The SMILES string of the molecule is CN(CCCCCc1ccccc1Oc1cccc2c1C(=O)NC(=O)C2=O)CC1CCC(n2cc(NC(=O)c3coc(-c4ccnc(NCC5CC5)c4)n3)c(C(F)F)n2)CC1. The molecule has 0 bridgehead atoms. The number of aryl methyl sites for hydroxylation is 1. The number of carbonyl (C=O) groups excluding carboxylic acids is 4. The number of pyridine rings is 1. The molecule has 3 amide bonds. The zero-order chi connectivity index (χ0) is 42.5. The molecule has 16 heteroatoms. The Morgan fingerprint density at radius 3 is 2.56 bits per heavy atom. The van der Waals surface area contributed by atoms with Gasteiger partial charge < -0.3 is 24.7 Å². The Kier molecular flexibility index (Phi) is 12.6. The first-order valence-corrected chi connectivity index (χ1v) is 20.9. The number of hydrogen-bond donors (Lipinski definition) is 3. The van der Waals surface area contributed by atoms with Crippen LogP contribution in [0.3, 0.4) is 0 Å². The van der Waals surface area contributed by atoms with E-state index in [0.717, 1.165) is 76.6 Å². The van der Waals surface area contributed by atoms with E-state index in [1.54, 1.807) is 35.1 Å². The van der Waals surface area contributed by atoms with Gasteiger partial charge in [0.15, 0.2) is 11.4 Å². The van der Waals surface area contributed by atoms with Gasteiger partial charge >= 0.3 is 0 Å². The highest BCUT2D eigenvalue weighted by molar-refractivity contribution is 6.49. The fourth-order valence-corrected chi connectivity index (χ4v) is 8.09. The van der Waals surface area contributed by atoms with Crippen LogP contribution in [0.25, 0.3) is 11.5 Å². The molecule has 318 valence electrons. The maximum absolute atomic E-state index is 14.1. The van der Waals surface area contributed by atoms with Crippen LogP contribution in [0.5, 0.6) is 11.5 Å². The normalized spacial score (nSPS) is 17.7. The van der Waals surface area contributed by atoms with E-state index in [0.29, 0.717) is 29.0 Å². The van der Waals surface area contributed by atoms with Crippen LogP contribution in [-0.4, -0.2) is 74.8 Å². The maximum atomic E-state index is 14.1. The topological polar surface area (TPSA) is 174 Å². The first-order valence-electron chi connectivity index (χ1n) is 20.9. The highest BCUT2D eigenvalue weighted by Gasteiger charge is 2.33. The average Bonchev–Trinajstić information content (AvgIpc) is 3.77. The molecule has 2 aliphatic carbocycles. The van der Waals surface area contributed by atoms with Crippen LogP contribution in [0.15, 0.2) is 77.7 Å². The molecule has 3 aromatic heterocycles. The molecule has 14 nitrogen and oxygen atoms in total. The number of oxazole rings is 1. The molecule has 3 aliphatic rings. The Bertz CT molecular complexity index is 2400. The third-order valence-electron chi connectivity index (χ3n) is 11.6. The molecule has 0 radical (unpaired) electrons. The minimum Gasteiger partial charge on any atom is -0.456 e. The molecule has 61 heavy (non-hydrogen) atoms. The lowest BCUT2D eigenvalue weighted by Gasteiger charge is -2.31. The number of benzene rings is 2. The standard InChI is InChI=1S/C45H48F2N8O6/c1-54(21-6-2-3-8-29-9-4-5-11-35(29)61-36-12-7-10-32-38(36)43(58)52-44(59)40(32)56)24-28-15-17-31(18-16-28)55-25-33(39(53-55)41(46)47)50-42(57)34-26-60-45(51-34)30-19-20-48-37(22-30)49-23-27-13-14-27/h4-5,7,9-12,19-20,22,25-28,31,41H,2-3,6,8,13-18,21,23-24H2,1H3,(H,48,49)(H,50,57)(H,52,58,59). The molecule has 0 spiro atoms. The fraction of sp³-hybridized carbons (Fsp3) is 0.400. The Morgan fingerprint density at radius 2 is 1.75 bits per heavy atom. The zero-order valence-electron chi connectivity index (χ0n) is 33.9. The number of rotatable bonds is 18. The van der Waals surface area contributed by atoms with E-state index in [4.69, 9.17) is 9.15 Å². The van der Waals surface area contributed by atoms with Crippen molar-refractivity contribution >= 4 is 35.0 Å². The molecule has 2 fully saturated rings. The van der Waals surface area contributed by atoms with E-state index in [1.807, 2.05) is 24.3 Å². The van der Waals surface area contributed by atoms with Gasteiger partial charge in [0.25, 0.3) is 29.9 Å². The van der Waals surface area contributed by atoms with Gasteiger partial charge in [0.1, 0.15) is 23.6 Å². The average molecular weight is 835 g/mol. The van der Waals surface area contributed by atoms with Crippen molar-refractivity contribution in [3.05, 3.63) is 101 Å². The Balaban J connectivity index is 0.777. The Morgan fingerprint density at radius 1 is 0.967 bits per heavy atom. The van der Waals surface area contributed by atoms with Gasteiger partial charge in [-0.1, -0.05) is 30.7 Å². The van der Waals surface area contributed by atoms with E-state index in [2.05, 4.69) is 43.0 Å². The molecular weight excluding hydrogens is 787 g/mol. The highest BCUT2D eigenvalue weighted by Crippen LogP contribution is 2.36. The molecule has 5 aromatic rings. The summed E-state index contributed by atoms with van der Waals surface area (Å²) in [6, 6.07) is 15.7. The number of halogens is 2. The highest BCUT2D eigenvalue weighted by atomic mass is 19.3. The van der Waals surface area contributed by atoms with Crippen LogP contribution in [0.1, 0.15) is 113 Å². The molecule has 0 unspecified atom stereocenters. The number of anilines is 2. The van der Waals surface area contributed by atoms with Crippen LogP contribution >= 0.6 is 0 Å². The number of carbonyl (C=O) groups is 4. The van der Waals surface area contributed by atoms with Crippen molar-refractivity contribution < 1.29 is 37.1 Å². The minimum atomic E-state index is -2.87. The molecule has 4 heterocycles. The number of hydrogen-bond acceptors (Lipinski definition) is 11. The van der Waals surface area contributed by atoms with Gasteiger partial charge in [-0.15, -0.1) is 0 Å². The Hall–Kier alpha value is -6.29. The van der Waals surface area contributed by atoms with Gasteiger partial charge in [0, 0.05) is 36.6 Å². The summed E-state index contributed by atoms with van der Waals surface area (Å²) in [4.78, 5) is 60.9. The number of alkyl halides is 2. The second-order valence-electron chi connectivity index (χ2n) is 16.2. The van der Waals surface area contributed by atoms with Crippen molar-refractivity contribution in [1.82, 2.24) is 30.0 Å². The number of para-hydroxylation sites is 1. The summed E-state index contributed by atoms with van der Waals surface area (Å²) in [7, 11) is 2.13. The van der Waals surface area contributed by atoms with Crippen LogP contribution in [0, 0.1) is 11.8 Å². The summed E-state index contributed by atoms with van der Waals surface area (Å²) in [5.41, 5.74) is 1.16. The van der Waals surface area contributed by atoms with E-state index < -0.39 is 35.6 Å². The number of imide groups is 1. The number of Topliss-reactive ketones (excluding diaryl/α,β-unsaturated/α-hetero) is 1. The molecule has 2 aromatic carbocycles. The smallest absolute Gasteiger partial charge is 0.299 e. The maximum Gasteiger partial charge on any atom is 0.299 e. The monoisotopic (exact) mass is 834 g/mol. The van der Waals surface area contributed by atoms with E-state index in [-0.39, 0.29) is 40.2 Å². The fourth-order valence-electron chi connectivity index (χ4n) is 8.09. The second kappa shape index (κ2) is 18.5. The van der Waals surface area contributed by atoms with Crippen molar-refractivity contribution in [2.24, 2.45) is 11.8 Å². The van der Waals surface area contributed by atoms with Gasteiger partial charge in [-0.2, -0.15) is 5.10 Å². The lowest BCUT2D eigenvalue weighted by Crippen LogP contribution is -2.42. The number of nitrogens with zero attached hydrogens (tertiary/aromatic N) is 5. The van der Waals surface area contributed by atoms with Crippen LogP contribution < -0.4 is 20.7 Å². The van der Waals surface area contributed by atoms with Crippen molar-refractivity contribution in [2.75, 3.05) is 37.3 Å². The number of fused-ring (bicyclic) bond motifs is 1. The summed E-state index contributed by atoms with van der Waals surface area (Å²) < 4.78 is 41.6. The van der Waals surface area contributed by atoms with Crippen molar-refractivity contribution in [3.63, 3.8) is 0 Å². The number of ketones is 1. The lowest BCUT2D eigenvalue weighted by molar-refractivity contribution is -0.116. The molecule has 2 saturated carbocycles. The van der Waals surface area contributed by atoms with Gasteiger partial charge in [0.2, 0.25) is 5.89 Å². The molecule has 0 saturated heterocycles. The molecule has 3 N–H and O–H groups in total. The molecule has 1 aliphatic heterocycles. The van der Waals surface area contributed by atoms with Gasteiger partial charge in [-0.05, 0) is 119 Å².